The van der Waals surface area contributed by atoms with E-state index in [0.29, 0.717) is 44.1 Å². The van der Waals surface area contributed by atoms with E-state index in [2.05, 4.69) is 15.6 Å². The summed E-state index contributed by atoms with van der Waals surface area (Å²) in [6.45, 7) is 5.10. The molecule has 1 atom stereocenters. The molecule has 0 aliphatic carbocycles. The highest BCUT2D eigenvalue weighted by atomic mass is 16.4. The highest BCUT2D eigenvalue weighted by Crippen LogP contribution is 2.27. The SMILES string of the molecule is CCn1ccc(=O)c2c1NC(C(=O)O)(N1CCNCC1)N=C2. The number of aromatic nitrogens is 1. The van der Waals surface area contributed by atoms with Crippen molar-refractivity contribution in [2.75, 3.05) is 31.5 Å². The minimum Gasteiger partial charge on any atom is -0.477 e. The molecule has 2 aliphatic rings. The Morgan fingerprint density at radius 2 is 2.18 bits per heavy atom. The summed E-state index contributed by atoms with van der Waals surface area (Å²) in [5.41, 5.74) is 0.228. The van der Waals surface area contributed by atoms with Crippen LogP contribution in [0, 0.1) is 0 Å². The molecule has 1 unspecified atom stereocenters. The Balaban J connectivity index is 2.09. The molecule has 3 rings (SSSR count). The Kier molecular flexibility index (Phi) is 3.71. The molecule has 1 aromatic heterocycles. The number of nitrogens with one attached hydrogen (secondary N) is 2. The van der Waals surface area contributed by atoms with Crippen molar-refractivity contribution in [3.8, 4) is 0 Å². The number of nitrogens with zero attached hydrogens (tertiary/aromatic N) is 3. The molecule has 0 bridgehead atoms. The van der Waals surface area contributed by atoms with Crippen LogP contribution in [0.5, 0.6) is 0 Å². The minimum atomic E-state index is -1.56. The smallest absolute Gasteiger partial charge is 0.369 e. The first-order valence-corrected chi connectivity index (χ1v) is 7.34. The van der Waals surface area contributed by atoms with Gasteiger partial charge in [-0.25, -0.2) is 14.7 Å². The molecule has 3 N–H and O–H groups in total. The van der Waals surface area contributed by atoms with E-state index in [9.17, 15) is 14.7 Å². The van der Waals surface area contributed by atoms with Crippen molar-refractivity contribution in [2.45, 2.75) is 19.3 Å². The molecule has 0 radical (unpaired) electrons. The van der Waals surface area contributed by atoms with Gasteiger partial charge in [0, 0.05) is 51.2 Å². The molecule has 3 heterocycles. The number of fused-ring (bicyclic) bond motifs is 1. The standard InChI is InChI=1S/C14H19N5O3/c1-2-18-6-3-11(20)10-9-16-14(13(21)22,17-12(10)18)19-7-4-15-5-8-19/h3,6,9,15,17H,2,4-5,7-8H2,1H3,(H,21,22). The number of anilines is 1. The van der Waals surface area contributed by atoms with Gasteiger partial charge in [0.2, 0.25) is 0 Å². The lowest BCUT2D eigenvalue weighted by Gasteiger charge is -2.42. The zero-order valence-electron chi connectivity index (χ0n) is 12.4. The van der Waals surface area contributed by atoms with Gasteiger partial charge in [-0.15, -0.1) is 0 Å². The molecule has 1 aromatic rings. The number of aryl methyl sites for hydroxylation is 1. The second kappa shape index (κ2) is 5.54. The first kappa shape index (κ1) is 14.7. The van der Waals surface area contributed by atoms with Crippen molar-refractivity contribution in [3.05, 3.63) is 28.0 Å². The van der Waals surface area contributed by atoms with Crippen LogP contribution in [0.4, 0.5) is 5.82 Å². The number of hydrogen-bond acceptors (Lipinski definition) is 6. The Morgan fingerprint density at radius 1 is 1.45 bits per heavy atom. The molecule has 8 nitrogen and oxygen atoms in total. The number of carboxylic acids is 1. The maximum atomic E-state index is 12.0. The largest absolute Gasteiger partial charge is 0.477 e. The van der Waals surface area contributed by atoms with Crippen molar-refractivity contribution in [2.24, 2.45) is 4.99 Å². The number of carbonyl (C=O) groups is 1. The molecule has 0 spiro atoms. The van der Waals surface area contributed by atoms with E-state index < -0.39 is 11.8 Å². The highest BCUT2D eigenvalue weighted by molar-refractivity contribution is 5.94. The van der Waals surface area contributed by atoms with E-state index in [1.54, 1.807) is 11.1 Å². The van der Waals surface area contributed by atoms with Gasteiger partial charge in [0.1, 0.15) is 5.82 Å². The van der Waals surface area contributed by atoms with Crippen molar-refractivity contribution >= 4 is 18.0 Å². The third-order valence-electron chi connectivity index (χ3n) is 4.10. The zero-order valence-corrected chi connectivity index (χ0v) is 12.4. The molecular weight excluding hydrogens is 286 g/mol. The molecule has 1 saturated heterocycles. The van der Waals surface area contributed by atoms with E-state index in [4.69, 9.17) is 0 Å². The van der Waals surface area contributed by atoms with E-state index in [1.165, 1.54) is 12.3 Å². The van der Waals surface area contributed by atoms with E-state index in [0.717, 1.165) is 0 Å². The predicted octanol–water partition coefficient (Wildman–Crippen LogP) is -0.644. The van der Waals surface area contributed by atoms with Gasteiger partial charge in [0.05, 0.1) is 5.56 Å². The molecule has 118 valence electrons. The summed E-state index contributed by atoms with van der Waals surface area (Å²) >= 11 is 0. The van der Waals surface area contributed by atoms with Crippen LogP contribution in [-0.4, -0.2) is 58.7 Å². The van der Waals surface area contributed by atoms with Crippen molar-refractivity contribution < 1.29 is 9.90 Å². The number of aliphatic carboxylic acids is 1. The number of carboxylic acid groups (broad SMARTS) is 1. The molecule has 0 amide bonds. The van der Waals surface area contributed by atoms with Gasteiger partial charge in [-0.2, -0.15) is 0 Å². The maximum Gasteiger partial charge on any atom is 0.369 e. The second-order valence-electron chi connectivity index (χ2n) is 5.33. The Labute approximate surface area is 127 Å². The number of pyridine rings is 1. The highest BCUT2D eigenvalue weighted by Gasteiger charge is 2.47. The summed E-state index contributed by atoms with van der Waals surface area (Å²) in [4.78, 5) is 29.9. The Hall–Kier alpha value is -2.19. The molecule has 0 aromatic carbocycles. The number of rotatable bonds is 3. The summed E-state index contributed by atoms with van der Waals surface area (Å²) in [5, 5.41) is 16.0. The third kappa shape index (κ3) is 2.20. The van der Waals surface area contributed by atoms with Crippen molar-refractivity contribution in [3.63, 3.8) is 0 Å². The van der Waals surface area contributed by atoms with Gasteiger partial charge in [-0.1, -0.05) is 0 Å². The summed E-state index contributed by atoms with van der Waals surface area (Å²) in [6, 6.07) is 1.47. The topological polar surface area (TPSA) is 99.0 Å². The lowest BCUT2D eigenvalue weighted by atomic mass is 10.1. The van der Waals surface area contributed by atoms with Crippen LogP contribution in [0.2, 0.25) is 0 Å². The monoisotopic (exact) mass is 305 g/mol. The van der Waals surface area contributed by atoms with E-state index in [-0.39, 0.29) is 5.43 Å². The van der Waals surface area contributed by atoms with Gasteiger partial charge in [-0.05, 0) is 6.92 Å². The lowest BCUT2D eigenvalue weighted by molar-refractivity contribution is -0.149. The fourth-order valence-electron chi connectivity index (χ4n) is 2.87. The molecule has 22 heavy (non-hydrogen) atoms. The fraction of sp³-hybridized carbons (Fsp3) is 0.500. The first-order chi connectivity index (χ1) is 10.6. The Bertz CT molecular complexity index is 678. The van der Waals surface area contributed by atoms with Crippen LogP contribution in [0.3, 0.4) is 0 Å². The number of piperazine rings is 1. The van der Waals surface area contributed by atoms with Crippen LogP contribution in [0.25, 0.3) is 0 Å². The zero-order chi connectivity index (χ0) is 15.7. The minimum absolute atomic E-state index is 0.171. The average molecular weight is 305 g/mol. The summed E-state index contributed by atoms with van der Waals surface area (Å²) in [7, 11) is 0. The molecular formula is C14H19N5O3. The van der Waals surface area contributed by atoms with E-state index >= 15 is 0 Å². The fourth-order valence-corrected chi connectivity index (χ4v) is 2.87. The maximum absolute atomic E-state index is 12.0. The van der Waals surface area contributed by atoms with Crippen LogP contribution < -0.4 is 16.1 Å². The summed E-state index contributed by atoms with van der Waals surface area (Å²) < 4.78 is 1.82. The number of hydrogen-bond donors (Lipinski definition) is 3. The van der Waals surface area contributed by atoms with Crippen LogP contribution in [0.1, 0.15) is 12.5 Å². The predicted molar refractivity (Wildman–Crippen MR) is 82.4 cm³/mol. The van der Waals surface area contributed by atoms with Crippen LogP contribution >= 0.6 is 0 Å². The Morgan fingerprint density at radius 3 is 2.82 bits per heavy atom. The van der Waals surface area contributed by atoms with Gasteiger partial charge >= 0.3 is 5.97 Å². The van der Waals surface area contributed by atoms with Gasteiger partial charge in [-0.3, -0.25) is 4.79 Å². The third-order valence-corrected chi connectivity index (χ3v) is 4.10. The first-order valence-electron chi connectivity index (χ1n) is 7.34. The average Bonchev–Trinajstić information content (AvgIpc) is 2.55. The second-order valence-corrected chi connectivity index (χ2v) is 5.33. The number of aliphatic imine (C=N–C) groups is 1. The van der Waals surface area contributed by atoms with Gasteiger partial charge in [0.25, 0.3) is 5.79 Å². The van der Waals surface area contributed by atoms with Gasteiger partial charge in [0.15, 0.2) is 5.43 Å². The van der Waals surface area contributed by atoms with E-state index in [1.807, 2.05) is 11.5 Å². The molecule has 0 saturated carbocycles. The quantitative estimate of drug-likeness (QED) is 0.687. The lowest BCUT2D eigenvalue weighted by Crippen LogP contribution is -2.64. The molecule has 2 aliphatic heterocycles. The summed E-state index contributed by atoms with van der Waals surface area (Å²) in [6.07, 6.45) is 3.05. The van der Waals surface area contributed by atoms with Crippen LogP contribution in [-0.2, 0) is 11.3 Å². The molecule has 8 heteroatoms. The van der Waals surface area contributed by atoms with Crippen molar-refractivity contribution in [1.82, 2.24) is 14.8 Å². The molecule has 1 fully saturated rings. The van der Waals surface area contributed by atoms with Crippen LogP contribution in [0.15, 0.2) is 22.1 Å². The summed E-state index contributed by atoms with van der Waals surface area (Å²) in [5.74, 6) is -2.12. The van der Waals surface area contributed by atoms with Gasteiger partial charge < -0.3 is 20.3 Å². The van der Waals surface area contributed by atoms with Crippen molar-refractivity contribution in [1.29, 1.82) is 0 Å². The normalized spacial score (nSPS) is 24.6.